The molecule has 4 aromatic rings. The van der Waals surface area contributed by atoms with Crippen LogP contribution in [0.15, 0.2) is 103 Å². The van der Waals surface area contributed by atoms with Gasteiger partial charge in [0.25, 0.3) is 0 Å². The van der Waals surface area contributed by atoms with Crippen molar-refractivity contribution in [3.8, 4) is 17.2 Å². The summed E-state index contributed by atoms with van der Waals surface area (Å²) in [5, 5.41) is 73.6. The van der Waals surface area contributed by atoms with E-state index in [-0.39, 0.29) is 61.1 Å². The van der Waals surface area contributed by atoms with Crippen molar-refractivity contribution in [1.82, 2.24) is 58.1 Å². The number of phenolic OH excluding ortho intramolecular Hbond substituents is 1. The summed E-state index contributed by atoms with van der Waals surface area (Å²) in [6, 6.07) is 3.07. The van der Waals surface area contributed by atoms with E-state index in [0.717, 1.165) is 29.2 Å². The Morgan fingerprint density at radius 1 is 0.466 bits per heavy atom. The van der Waals surface area contributed by atoms with Crippen LogP contribution >= 0.6 is 0 Å². The van der Waals surface area contributed by atoms with Crippen molar-refractivity contribution in [3.63, 3.8) is 0 Å². The molecule has 118 heavy (non-hydrogen) atoms. The third-order valence-corrected chi connectivity index (χ3v) is 19.2. The summed E-state index contributed by atoms with van der Waals surface area (Å²) in [5.74, 6) is -21.6. The lowest BCUT2D eigenvalue weighted by atomic mass is 9.96. The van der Waals surface area contributed by atoms with Crippen LogP contribution in [0.4, 0.5) is 0 Å². The number of benzene rings is 4. The standard InChI is InChI=1S/C74H97N13O29S2/c1-5-40(4)63(86-65(98)49(27-30-61(93)94)78-64(97)48(26-29-60(91)92)79-67(100)52(33-41-10-7-6-8-11-41)84-71(104)56(37-62(95)96)77-59(90)38-75)73(106)87-31-9-12-57(87)72(105)85-55(34-42-13-19-45(88)20-14-42)70(103)83-54(36-44-17-23-47(24-18-44)116-118(112,113)114)69(102)82-53(35-43-15-21-46(22-16-43)115-117(109,110)111)68(101)81-51(32-39(2)3)66(99)80-50(74(107)108)25-28-58(76)89/h6-8,10-11,13-24,39-40,48-57,63,88H,5,9,12,25-38,75H2,1-4H3,(H2,76,89)(H,77,90)(H,78,97)(H,79,100)(H,80,99)(H,81,101)(H,82,102)(H,83,103)(H,84,104)(H,85,105)(H,86,98)(H,91,92)(H,93,94)(H,95,96)(H,107,108)(H,109,110,111)(H,112,113,114)/t40-,48-,49-,50-,51-,52-,53-,54-,55-,56-,57-,63-/m0/s1. The molecule has 0 bridgehead atoms. The van der Waals surface area contributed by atoms with Gasteiger partial charge in [0.1, 0.15) is 83.7 Å². The Bertz CT molecular complexity index is 4490. The van der Waals surface area contributed by atoms with Crippen molar-refractivity contribution >= 4 is 116 Å². The molecule has 0 unspecified atom stereocenters. The van der Waals surface area contributed by atoms with E-state index in [2.05, 4.69) is 61.5 Å². The maximum atomic E-state index is 15.2. The SMILES string of the molecule is CC[C@H](C)[C@H](NC(=O)[C@H](CCC(=O)O)NC(=O)[C@H](CCC(=O)O)NC(=O)[C@H](Cc1ccccc1)NC(=O)[C@H](CC(=O)O)NC(=O)CN)C(=O)N1CCC[C@H]1C(=O)N[C@@H](Cc1ccc(O)cc1)C(=O)N[C@@H](Cc1ccc(OS(=O)(=O)O)cc1)C(=O)N[C@@H](Cc1ccc(OS(=O)(=O)O)cc1)C(=O)N[C@@H](CC(C)C)C(=O)N[C@@H](CCC(N)=O)C(=O)O. The second-order valence-corrected chi connectivity index (χ2v) is 30.1. The highest BCUT2D eigenvalue weighted by atomic mass is 32.3. The van der Waals surface area contributed by atoms with Gasteiger partial charge in [-0.15, -0.1) is 0 Å². The van der Waals surface area contributed by atoms with Crippen molar-refractivity contribution in [3.05, 3.63) is 125 Å². The topological polar surface area (TPSA) is 677 Å². The third-order valence-electron chi connectivity index (χ3n) is 18.3. The molecule has 1 heterocycles. The summed E-state index contributed by atoms with van der Waals surface area (Å²) in [7, 11) is -10.1. The number of aliphatic carboxylic acids is 4. The molecular formula is C74H97N13O29S2. The summed E-state index contributed by atoms with van der Waals surface area (Å²) < 4.78 is 74.3. The van der Waals surface area contributed by atoms with Crippen molar-refractivity contribution in [1.29, 1.82) is 0 Å². The minimum absolute atomic E-state index is 0.103. The van der Waals surface area contributed by atoms with Crippen molar-refractivity contribution < 1.29 is 137 Å². The zero-order valence-electron chi connectivity index (χ0n) is 64.4. The molecule has 0 aromatic heterocycles. The van der Waals surface area contributed by atoms with Crippen LogP contribution in [0.1, 0.15) is 121 Å². The van der Waals surface area contributed by atoms with Crippen LogP contribution in [-0.2, 0) is 123 Å². The van der Waals surface area contributed by atoms with Crippen LogP contribution in [0.5, 0.6) is 17.2 Å². The fraction of sp³-hybridized carbons (Fsp3) is 0.459. The average molecular weight is 1700 g/mol. The molecule has 1 aliphatic heterocycles. The molecule has 0 spiro atoms. The van der Waals surface area contributed by atoms with Gasteiger partial charge in [0, 0.05) is 51.5 Å². The van der Waals surface area contributed by atoms with Crippen molar-refractivity contribution in [2.24, 2.45) is 23.3 Å². The maximum absolute atomic E-state index is 15.2. The fourth-order valence-corrected chi connectivity index (χ4v) is 12.9. The maximum Gasteiger partial charge on any atom is 0.446 e. The summed E-state index contributed by atoms with van der Waals surface area (Å²) in [5.41, 5.74) is 11.5. The molecule has 0 radical (unpaired) electrons. The van der Waals surface area contributed by atoms with E-state index in [1.54, 1.807) is 51.1 Å². The number of carboxylic acid groups (broad SMARTS) is 4. The molecule has 1 fully saturated rings. The van der Waals surface area contributed by atoms with E-state index < -0.39 is 276 Å². The summed E-state index contributed by atoms with van der Waals surface area (Å²) in [6.07, 6.45) is -6.92. The molecule has 12 amide bonds. The molecule has 42 nitrogen and oxygen atoms in total. The number of hydrogen-bond acceptors (Lipinski definition) is 24. The van der Waals surface area contributed by atoms with Crippen molar-refractivity contribution in [2.45, 2.75) is 190 Å². The molecule has 0 aliphatic carbocycles. The number of phenols is 1. The molecule has 4 aromatic carbocycles. The number of carbonyl (C=O) groups excluding carboxylic acids is 12. The Kier molecular flexibility index (Phi) is 37.3. The van der Waals surface area contributed by atoms with Gasteiger partial charge in [0.15, 0.2) is 0 Å². The van der Waals surface area contributed by atoms with E-state index in [9.17, 15) is 109 Å². The first-order valence-electron chi connectivity index (χ1n) is 36.9. The van der Waals surface area contributed by atoms with Gasteiger partial charge in [-0.3, -0.25) is 81.0 Å². The smallest absolute Gasteiger partial charge is 0.446 e. The number of primary amides is 1. The third kappa shape index (κ3) is 33.4. The lowest BCUT2D eigenvalue weighted by Gasteiger charge is -2.33. The van der Waals surface area contributed by atoms with Gasteiger partial charge in [0.2, 0.25) is 70.9 Å². The summed E-state index contributed by atoms with van der Waals surface area (Å²) in [6.45, 7) is 5.59. The van der Waals surface area contributed by atoms with Gasteiger partial charge in [0.05, 0.1) is 13.0 Å². The number of carbonyl (C=O) groups is 16. The minimum Gasteiger partial charge on any atom is -0.508 e. The van der Waals surface area contributed by atoms with Crippen LogP contribution in [-0.4, -0.2) is 231 Å². The highest BCUT2D eigenvalue weighted by molar-refractivity contribution is 7.81. The number of rotatable bonds is 49. The van der Waals surface area contributed by atoms with Gasteiger partial charge in [-0.05, 0) is 109 Å². The van der Waals surface area contributed by atoms with E-state index >= 15 is 19.2 Å². The number of likely N-dealkylation sites (tertiary alicyclic amines) is 1. The predicted molar refractivity (Wildman–Crippen MR) is 411 cm³/mol. The molecular weight excluding hydrogens is 1600 g/mol. The van der Waals surface area contributed by atoms with E-state index in [1.165, 1.54) is 55.5 Å². The molecule has 5 rings (SSSR count). The Morgan fingerprint density at radius 3 is 1.24 bits per heavy atom. The molecule has 0 saturated carbocycles. The zero-order chi connectivity index (χ0) is 87.9. The highest BCUT2D eigenvalue weighted by Gasteiger charge is 2.43. The molecule has 44 heteroatoms. The summed E-state index contributed by atoms with van der Waals surface area (Å²) >= 11 is 0. The largest absolute Gasteiger partial charge is 0.508 e. The monoisotopic (exact) mass is 1700 g/mol. The average Bonchev–Trinajstić information content (AvgIpc) is 1.77. The number of nitrogens with one attached hydrogen (secondary N) is 10. The van der Waals surface area contributed by atoms with Gasteiger partial charge in [-0.2, -0.15) is 16.8 Å². The quantitative estimate of drug-likeness (QED) is 0.0203. The number of hydrogen-bond donors (Lipinski definition) is 19. The Hall–Kier alpha value is -12.4. The lowest BCUT2D eigenvalue weighted by molar-refractivity contribution is -0.144. The highest BCUT2D eigenvalue weighted by Crippen LogP contribution is 2.25. The fourth-order valence-electron chi connectivity index (χ4n) is 12.2. The van der Waals surface area contributed by atoms with E-state index in [0.29, 0.717) is 5.56 Å². The van der Waals surface area contributed by atoms with E-state index in [4.69, 9.17) is 11.5 Å². The minimum atomic E-state index is -5.09. The number of nitrogens with two attached hydrogens (primary N) is 2. The van der Waals surface area contributed by atoms with Gasteiger partial charge in [-0.25, -0.2) is 4.79 Å². The number of aromatic hydroxyl groups is 1. The first-order chi connectivity index (χ1) is 55.4. The molecule has 644 valence electrons. The predicted octanol–water partition coefficient (Wildman–Crippen LogP) is -2.53. The van der Waals surface area contributed by atoms with Gasteiger partial charge >= 0.3 is 44.7 Å². The molecule has 1 aliphatic rings. The first-order valence-corrected chi connectivity index (χ1v) is 39.7. The summed E-state index contributed by atoms with van der Waals surface area (Å²) in [4.78, 5) is 220. The molecule has 21 N–H and O–H groups in total. The number of carboxylic acids is 4. The second-order valence-electron chi connectivity index (χ2n) is 28.1. The zero-order valence-corrected chi connectivity index (χ0v) is 66.0. The normalized spacial score (nSPS) is 15.4. The second kappa shape index (κ2) is 45.8. The molecule has 12 atom stereocenters. The van der Waals surface area contributed by atoms with Crippen LogP contribution in [0.3, 0.4) is 0 Å². The lowest BCUT2D eigenvalue weighted by Crippen LogP contribution is -2.61. The van der Waals surface area contributed by atoms with Gasteiger partial charge < -0.3 is 103 Å². The Morgan fingerprint density at radius 2 is 0.839 bits per heavy atom. The van der Waals surface area contributed by atoms with Crippen LogP contribution < -0.4 is 73.0 Å². The van der Waals surface area contributed by atoms with Crippen molar-refractivity contribution in [2.75, 3.05) is 13.1 Å². The Labute approximate surface area is 676 Å². The van der Waals surface area contributed by atoms with Crippen LogP contribution in [0, 0.1) is 11.8 Å². The van der Waals surface area contributed by atoms with Crippen LogP contribution in [0.25, 0.3) is 0 Å². The number of amides is 12. The Balaban J connectivity index is 1.51. The van der Waals surface area contributed by atoms with E-state index in [1.807, 2.05) is 0 Å². The number of nitrogens with zero attached hydrogens (tertiary/aromatic N) is 1. The molecule has 1 saturated heterocycles. The van der Waals surface area contributed by atoms with Crippen LogP contribution in [0.2, 0.25) is 0 Å². The van der Waals surface area contributed by atoms with Gasteiger partial charge in [-0.1, -0.05) is 101 Å². The first kappa shape index (κ1) is 96.2.